The first-order valence-corrected chi connectivity index (χ1v) is 9.49. The van der Waals surface area contributed by atoms with Crippen molar-refractivity contribution in [3.05, 3.63) is 66.4 Å². The molecule has 0 bridgehead atoms. The zero-order valence-electron chi connectivity index (χ0n) is 16.2. The van der Waals surface area contributed by atoms with Gasteiger partial charge in [0, 0.05) is 43.4 Å². The minimum atomic E-state index is -0.432. The number of urea groups is 1. The second kappa shape index (κ2) is 8.18. The molecule has 2 heterocycles. The zero-order valence-corrected chi connectivity index (χ0v) is 16.2. The van der Waals surface area contributed by atoms with E-state index in [9.17, 15) is 9.59 Å². The van der Waals surface area contributed by atoms with Crippen LogP contribution in [-0.4, -0.2) is 55.2 Å². The number of para-hydroxylation sites is 1. The number of anilines is 2. The van der Waals surface area contributed by atoms with Gasteiger partial charge in [-0.05, 0) is 30.3 Å². The molecular weight excluding hydrogens is 368 g/mol. The highest BCUT2D eigenvalue weighted by Crippen LogP contribution is 2.25. The van der Waals surface area contributed by atoms with Crippen molar-refractivity contribution in [3.8, 4) is 0 Å². The number of esters is 1. The molecular formula is C22H22N4O3. The Balaban J connectivity index is 1.41. The molecule has 1 saturated heterocycles. The number of nitrogens with one attached hydrogen (secondary N) is 1. The first-order chi connectivity index (χ1) is 14.2. The van der Waals surface area contributed by atoms with Gasteiger partial charge in [0.2, 0.25) is 0 Å². The van der Waals surface area contributed by atoms with Crippen LogP contribution in [-0.2, 0) is 4.74 Å². The van der Waals surface area contributed by atoms with E-state index in [-0.39, 0.29) is 6.03 Å². The third-order valence-electron chi connectivity index (χ3n) is 5.05. The smallest absolute Gasteiger partial charge is 0.337 e. The van der Waals surface area contributed by atoms with E-state index in [1.165, 1.54) is 7.11 Å². The average Bonchev–Trinajstić information content (AvgIpc) is 2.78. The van der Waals surface area contributed by atoms with Crippen molar-refractivity contribution in [2.75, 3.05) is 43.5 Å². The van der Waals surface area contributed by atoms with E-state index >= 15 is 0 Å². The van der Waals surface area contributed by atoms with Gasteiger partial charge in [-0.1, -0.05) is 24.3 Å². The quantitative estimate of drug-likeness (QED) is 0.694. The fraction of sp³-hybridized carbons (Fsp3) is 0.227. The Morgan fingerprint density at radius 1 is 1.00 bits per heavy atom. The van der Waals surface area contributed by atoms with Crippen molar-refractivity contribution in [3.63, 3.8) is 0 Å². The molecule has 29 heavy (non-hydrogen) atoms. The maximum Gasteiger partial charge on any atom is 0.337 e. The Morgan fingerprint density at radius 3 is 2.55 bits per heavy atom. The molecule has 1 fully saturated rings. The van der Waals surface area contributed by atoms with Crippen LogP contribution in [0.3, 0.4) is 0 Å². The summed E-state index contributed by atoms with van der Waals surface area (Å²) in [6, 6.07) is 16.7. The van der Waals surface area contributed by atoms with Crippen LogP contribution >= 0.6 is 0 Å². The number of ether oxygens (including phenoxy) is 1. The van der Waals surface area contributed by atoms with Crippen LogP contribution < -0.4 is 10.2 Å². The van der Waals surface area contributed by atoms with Crippen LogP contribution in [0.15, 0.2) is 60.8 Å². The summed E-state index contributed by atoms with van der Waals surface area (Å²) < 4.78 is 4.72. The summed E-state index contributed by atoms with van der Waals surface area (Å²) in [6.45, 7) is 2.66. The van der Waals surface area contributed by atoms with E-state index in [4.69, 9.17) is 4.74 Å². The third-order valence-corrected chi connectivity index (χ3v) is 5.05. The highest BCUT2D eigenvalue weighted by Gasteiger charge is 2.22. The van der Waals surface area contributed by atoms with Crippen molar-refractivity contribution in [2.45, 2.75) is 0 Å². The van der Waals surface area contributed by atoms with Crippen LogP contribution in [0, 0.1) is 0 Å². The molecule has 0 atom stereocenters. The van der Waals surface area contributed by atoms with Gasteiger partial charge in [0.25, 0.3) is 0 Å². The molecule has 1 aliphatic heterocycles. The number of carbonyl (C=O) groups is 2. The van der Waals surface area contributed by atoms with Crippen LogP contribution in [0.1, 0.15) is 10.4 Å². The molecule has 0 saturated carbocycles. The number of rotatable bonds is 3. The first kappa shape index (κ1) is 18.7. The third kappa shape index (κ3) is 3.99. The molecule has 2 aromatic carbocycles. The lowest BCUT2D eigenvalue weighted by Gasteiger charge is -2.36. The molecule has 0 aliphatic carbocycles. The summed E-state index contributed by atoms with van der Waals surface area (Å²) in [5, 5.41) is 3.97. The van der Waals surface area contributed by atoms with Gasteiger partial charge in [0.15, 0.2) is 0 Å². The molecule has 3 aromatic rings. The van der Waals surface area contributed by atoms with Crippen LogP contribution in [0.4, 0.5) is 16.2 Å². The summed E-state index contributed by atoms with van der Waals surface area (Å²) in [4.78, 5) is 32.9. The van der Waals surface area contributed by atoms with Crippen molar-refractivity contribution < 1.29 is 14.3 Å². The molecule has 0 unspecified atom stereocenters. The predicted molar refractivity (Wildman–Crippen MR) is 112 cm³/mol. The highest BCUT2D eigenvalue weighted by molar-refractivity contribution is 5.94. The lowest BCUT2D eigenvalue weighted by Crippen LogP contribution is -2.50. The van der Waals surface area contributed by atoms with Gasteiger partial charge in [0.05, 0.1) is 23.9 Å². The number of hydrogen-bond acceptors (Lipinski definition) is 5. The number of nitrogens with zero attached hydrogens (tertiary/aromatic N) is 3. The fourth-order valence-electron chi connectivity index (χ4n) is 3.54. The summed E-state index contributed by atoms with van der Waals surface area (Å²) in [5.41, 5.74) is 3.04. The molecule has 1 aromatic heterocycles. The van der Waals surface area contributed by atoms with Crippen LogP contribution in [0.2, 0.25) is 0 Å². The summed E-state index contributed by atoms with van der Waals surface area (Å²) >= 11 is 0. The number of aromatic nitrogens is 1. The first-order valence-electron chi connectivity index (χ1n) is 9.49. The number of amides is 2. The Morgan fingerprint density at radius 2 is 1.76 bits per heavy atom. The van der Waals surface area contributed by atoms with Gasteiger partial charge in [-0.25, -0.2) is 9.59 Å². The van der Waals surface area contributed by atoms with E-state index in [0.717, 1.165) is 29.7 Å². The number of hydrogen-bond donors (Lipinski definition) is 1. The Bertz CT molecular complexity index is 1040. The van der Waals surface area contributed by atoms with E-state index in [1.807, 2.05) is 12.1 Å². The van der Waals surface area contributed by atoms with E-state index in [0.29, 0.717) is 24.3 Å². The minimum Gasteiger partial charge on any atom is -0.465 e. The lowest BCUT2D eigenvalue weighted by atomic mass is 10.1. The fourth-order valence-corrected chi connectivity index (χ4v) is 3.54. The molecule has 0 spiro atoms. The topological polar surface area (TPSA) is 74.8 Å². The van der Waals surface area contributed by atoms with E-state index in [2.05, 4.69) is 33.4 Å². The predicted octanol–water partition coefficient (Wildman–Crippen LogP) is 3.38. The summed E-state index contributed by atoms with van der Waals surface area (Å²) in [6.07, 6.45) is 1.80. The number of pyridine rings is 1. The number of methoxy groups -OCH3 is 1. The number of carbonyl (C=O) groups excluding carboxylic acids is 2. The largest absolute Gasteiger partial charge is 0.465 e. The standard InChI is InChI=1S/C22H22N4O3/c1-29-21(27)17-6-2-8-18(15-17)24-22(28)26-13-11-25(12-14-26)19-9-3-5-16-7-4-10-23-20(16)19/h2-10,15H,11-14H2,1H3,(H,24,28). The minimum absolute atomic E-state index is 0.178. The van der Waals surface area contributed by atoms with Gasteiger partial charge < -0.3 is 19.9 Å². The number of fused-ring (bicyclic) bond motifs is 1. The Labute approximate surface area is 168 Å². The molecule has 1 N–H and O–H groups in total. The normalized spacial score (nSPS) is 14.0. The zero-order chi connectivity index (χ0) is 20.2. The average molecular weight is 390 g/mol. The van der Waals surface area contributed by atoms with E-state index < -0.39 is 5.97 Å². The second-order valence-electron chi connectivity index (χ2n) is 6.83. The number of piperazine rings is 1. The Kier molecular flexibility index (Phi) is 5.29. The second-order valence-corrected chi connectivity index (χ2v) is 6.83. The SMILES string of the molecule is COC(=O)c1cccc(NC(=O)N2CCN(c3cccc4cccnc34)CC2)c1. The van der Waals surface area contributed by atoms with Crippen LogP contribution in [0.5, 0.6) is 0 Å². The van der Waals surface area contributed by atoms with Gasteiger partial charge in [-0.2, -0.15) is 0 Å². The molecule has 148 valence electrons. The molecule has 7 heteroatoms. The number of benzene rings is 2. The van der Waals surface area contributed by atoms with Crippen molar-refractivity contribution in [1.29, 1.82) is 0 Å². The van der Waals surface area contributed by atoms with Gasteiger partial charge >= 0.3 is 12.0 Å². The highest BCUT2D eigenvalue weighted by atomic mass is 16.5. The Hall–Kier alpha value is -3.61. The van der Waals surface area contributed by atoms with Crippen molar-refractivity contribution in [1.82, 2.24) is 9.88 Å². The van der Waals surface area contributed by atoms with Crippen molar-refractivity contribution in [2.24, 2.45) is 0 Å². The summed E-state index contributed by atoms with van der Waals surface area (Å²) in [5.74, 6) is -0.432. The maximum absolute atomic E-state index is 12.6. The lowest BCUT2D eigenvalue weighted by molar-refractivity contribution is 0.0600. The maximum atomic E-state index is 12.6. The monoisotopic (exact) mass is 390 g/mol. The molecule has 1 aliphatic rings. The molecule has 2 amide bonds. The van der Waals surface area contributed by atoms with Crippen molar-refractivity contribution >= 4 is 34.3 Å². The van der Waals surface area contributed by atoms with E-state index in [1.54, 1.807) is 35.4 Å². The van der Waals surface area contributed by atoms with Gasteiger partial charge in [0.1, 0.15) is 0 Å². The van der Waals surface area contributed by atoms with Crippen LogP contribution in [0.25, 0.3) is 10.9 Å². The summed E-state index contributed by atoms with van der Waals surface area (Å²) in [7, 11) is 1.33. The molecule has 0 radical (unpaired) electrons. The molecule has 7 nitrogen and oxygen atoms in total. The molecule has 4 rings (SSSR count). The van der Waals surface area contributed by atoms with Gasteiger partial charge in [-0.3, -0.25) is 4.98 Å². The van der Waals surface area contributed by atoms with Gasteiger partial charge in [-0.15, -0.1) is 0 Å².